The van der Waals surface area contributed by atoms with E-state index in [0.717, 1.165) is 68.6 Å². The van der Waals surface area contributed by atoms with Gasteiger partial charge in [-0.1, -0.05) is 114 Å². The molecule has 0 saturated heterocycles. The number of aromatic nitrogens is 3. The van der Waals surface area contributed by atoms with E-state index in [4.69, 9.17) is 14.4 Å². The van der Waals surface area contributed by atoms with Crippen molar-refractivity contribution in [3.63, 3.8) is 0 Å². The molecule has 0 spiro atoms. The maximum atomic E-state index is 6.15. The molecule has 0 N–H and O–H groups in total. The van der Waals surface area contributed by atoms with Crippen LogP contribution >= 0.6 is 0 Å². The fourth-order valence-electron chi connectivity index (χ4n) is 6.56. The number of imidazole rings is 1. The normalized spacial score (nSPS) is 12.2. The van der Waals surface area contributed by atoms with Crippen molar-refractivity contribution in [2.75, 3.05) is 0 Å². The van der Waals surface area contributed by atoms with E-state index in [1.807, 2.05) is 48.5 Å². The van der Waals surface area contributed by atoms with Gasteiger partial charge in [-0.3, -0.25) is 4.98 Å². The first-order chi connectivity index (χ1) is 23.1. The Morgan fingerprint density at radius 3 is 2.22 bits per heavy atom. The van der Waals surface area contributed by atoms with Crippen molar-refractivity contribution in [1.29, 1.82) is 0 Å². The summed E-state index contributed by atoms with van der Waals surface area (Å²) in [6.07, 6.45) is 3.22. The molecular formula is C44H49IrN3OSi-2. The van der Waals surface area contributed by atoms with Crippen LogP contribution in [-0.2, 0) is 38.5 Å². The zero-order chi connectivity index (χ0) is 35.1. The van der Waals surface area contributed by atoms with Crippen molar-refractivity contribution < 1.29 is 24.5 Å². The van der Waals surface area contributed by atoms with Gasteiger partial charge in [0.05, 0.1) is 30.5 Å². The second-order valence-electron chi connectivity index (χ2n) is 16.3. The molecule has 0 aliphatic heterocycles. The third-order valence-corrected chi connectivity index (χ3v) is 11.1. The van der Waals surface area contributed by atoms with Crippen molar-refractivity contribution in [2.45, 2.75) is 86.5 Å². The Morgan fingerprint density at radius 1 is 0.820 bits per heavy atom. The second-order valence-corrected chi connectivity index (χ2v) is 21.4. The van der Waals surface area contributed by atoms with Gasteiger partial charge in [-0.15, -0.1) is 53.6 Å². The van der Waals surface area contributed by atoms with Gasteiger partial charge in [-0.25, -0.2) is 0 Å². The molecule has 0 fully saturated rings. The first kappa shape index (κ1) is 37.4. The Kier molecular flexibility index (Phi) is 10.8. The van der Waals surface area contributed by atoms with Crippen LogP contribution < -0.4 is 5.19 Å². The van der Waals surface area contributed by atoms with E-state index >= 15 is 0 Å². The van der Waals surface area contributed by atoms with Crippen LogP contribution in [0.15, 0.2) is 95.5 Å². The van der Waals surface area contributed by atoms with Crippen molar-refractivity contribution in [3.8, 4) is 22.6 Å². The Labute approximate surface area is 312 Å². The first-order valence-electron chi connectivity index (χ1n) is 17.4. The fourth-order valence-corrected chi connectivity index (χ4v) is 8.14. The monoisotopic (exact) mass is 856 g/mol. The molecule has 4 aromatic carbocycles. The van der Waals surface area contributed by atoms with Gasteiger partial charge in [0.15, 0.2) is 0 Å². The van der Waals surface area contributed by atoms with Crippen LogP contribution in [0.1, 0.15) is 59.6 Å². The Hall–Kier alpha value is -3.83. The second kappa shape index (κ2) is 14.4. The number of hydrogen-bond acceptors (Lipinski definition) is 3. The summed E-state index contributed by atoms with van der Waals surface area (Å²) in [5, 5.41) is 3.72. The van der Waals surface area contributed by atoms with Crippen molar-refractivity contribution in [1.82, 2.24) is 14.5 Å². The summed E-state index contributed by atoms with van der Waals surface area (Å²) in [5.41, 5.74) is 10.1. The van der Waals surface area contributed by atoms with Crippen LogP contribution in [-0.4, -0.2) is 22.6 Å². The molecule has 7 aromatic rings. The van der Waals surface area contributed by atoms with Gasteiger partial charge in [0.2, 0.25) is 0 Å². The Bertz CT molecular complexity index is 2260. The molecule has 0 bridgehead atoms. The van der Waals surface area contributed by atoms with Gasteiger partial charge in [0.1, 0.15) is 5.58 Å². The molecule has 1 radical (unpaired) electrons. The molecule has 261 valence electrons. The SMILES string of the molecule is CC(C)(C)Cc1cc(-c2[c-]ccc(C(C)(C)C)c2)ncc1[Si](C)(C)C.CCn1c(-c2[c-]ccc3c2oc2ccccc23)nc2ccccc21.[Ir]. The average molecular weight is 856 g/mol. The Morgan fingerprint density at radius 2 is 1.52 bits per heavy atom. The molecule has 0 amide bonds. The summed E-state index contributed by atoms with van der Waals surface area (Å²) in [7, 11) is -1.42. The number of rotatable bonds is 5. The third kappa shape index (κ3) is 7.88. The quantitative estimate of drug-likeness (QED) is 0.128. The fraction of sp³-hybridized carbons (Fsp3) is 0.318. The smallest absolute Gasteiger partial charge is 0.120 e. The van der Waals surface area contributed by atoms with Gasteiger partial charge in [0, 0.05) is 38.2 Å². The predicted molar refractivity (Wildman–Crippen MR) is 210 cm³/mol. The number of benzene rings is 4. The van der Waals surface area contributed by atoms with E-state index in [9.17, 15) is 0 Å². The molecule has 3 heterocycles. The van der Waals surface area contributed by atoms with Crippen LogP contribution in [0.25, 0.3) is 55.6 Å². The number of fused-ring (bicyclic) bond motifs is 4. The number of nitrogens with zero attached hydrogens (tertiary/aromatic N) is 3. The number of furan rings is 1. The molecule has 7 rings (SSSR count). The number of para-hydroxylation sites is 3. The minimum atomic E-state index is -1.42. The molecule has 4 nitrogen and oxygen atoms in total. The molecule has 0 aliphatic rings. The van der Waals surface area contributed by atoms with Crippen LogP contribution in [0, 0.1) is 17.5 Å². The molecule has 0 saturated carbocycles. The van der Waals surface area contributed by atoms with E-state index in [2.05, 4.69) is 127 Å². The van der Waals surface area contributed by atoms with Crippen molar-refractivity contribution in [2.24, 2.45) is 5.41 Å². The van der Waals surface area contributed by atoms with Crippen LogP contribution in [0.4, 0.5) is 0 Å². The maximum Gasteiger partial charge on any atom is 0.120 e. The first-order valence-corrected chi connectivity index (χ1v) is 20.9. The topological polar surface area (TPSA) is 43.9 Å². The molecular weight excluding hydrogens is 807 g/mol. The van der Waals surface area contributed by atoms with Gasteiger partial charge in [-0.05, 0) is 53.3 Å². The van der Waals surface area contributed by atoms with Gasteiger partial charge in [-0.2, -0.15) is 0 Å². The third-order valence-electron chi connectivity index (χ3n) is 8.99. The van der Waals surface area contributed by atoms with Gasteiger partial charge >= 0.3 is 0 Å². The summed E-state index contributed by atoms with van der Waals surface area (Å²) >= 11 is 0. The summed E-state index contributed by atoms with van der Waals surface area (Å²) in [6, 6.07) is 35.9. The predicted octanol–water partition coefficient (Wildman–Crippen LogP) is 11.4. The zero-order valence-corrected chi connectivity index (χ0v) is 34.6. The minimum absolute atomic E-state index is 0. The van der Waals surface area contributed by atoms with Crippen molar-refractivity contribution in [3.05, 3.63) is 114 Å². The molecule has 6 heteroatoms. The van der Waals surface area contributed by atoms with E-state index < -0.39 is 8.07 Å². The summed E-state index contributed by atoms with van der Waals surface area (Å²) in [5.74, 6) is 0.906. The van der Waals surface area contributed by atoms with Crippen LogP contribution in [0.2, 0.25) is 19.6 Å². The van der Waals surface area contributed by atoms with Gasteiger partial charge in [0.25, 0.3) is 0 Å². The van der Waals surface area contributed by atoms with E-state index in [-0.39, 0.29) is 30.9 Å². The van der Waals surface area contributed by atoms with Crippen LogP contribution in [0.5, 0.6) is 0 Å². The largest absolute Gasteiger partial charge is 0.501 e. The van der Waals surface area contributed by atoms with Gasteiger partial charge < -0.3 is 14.0 Å². The number of aryl methyl sites for hydroxylation is 1. The number of pyridine rings is 1. The molecule has 50 heavy (non-hydrogen) atoms. The van der Waals surface area contributed by atoms with E-state index in [1.54, 1.807) is 0 Å². The van der Waals surface area contributed by atoms with E-state index in [1.165, 1.54) is 16.3 Å². The molecule has 0 unspecified atom stereocenters. The van der Waals surface area contributed by atoms with E-state index in [0.29, 0.717) is 0 Å². The summed E-state index contributed by atoms with van der Waals surface area (Å²) in [6.45, 7) is 23.9. The molecule has 0 atom stereocenters. The standard InChI is InChI=1S/C23H34NSi.C21H15N2O.Ir/c1-22(2,3)15-18-14-20(24-16-21(18)25(7,8)9)17-11-10-12-19(13-17)23(4,5)6;1-2-23-18-12-5-4-11-17(18)22-21(23)16-10-7-9-15-14-8-3-6-13-19(14)24-20(15)16;/h10,12-14,16H,15H2,1-9H3;3-9,11-13H,2H2,1H3;/q2*-1;. The average Bonchev–Trinajstić information content (AvgIpc) is 3.62. The minimum Gasteiger partial charge on any atom is -0.501 e. The number of hydrogen-bond donors (Lipinski definition) is 0. The van der Waals surface area contributed by atoms with Crippen LogP contribution in [0.3, 0.4) is 0 Å². The zero-order valence-electron chi connectivity index (χ0n) is 31.2. The summed E-state index contributed by atoms with van der Waals surface area (Å²) < 4.78 is 8.36. The maximum absolute atomic E-state index is 6.15. The summed E-state index contributed by atoms with van der Waals surface area (Å²) in [4.78, 5) is 9.68. The van der Waals surface area contributed by atoms with Crippen molar-refractivity contribution >= 4 is 46.2 Å². The Balaban J connectivity index is 0.000000191. The molecule has 3 aromatic heterocycles. The molecule has 0 aliphatic carbocycles.